The summed E-state index contributed by atoms with van der Waals surface area (Å²) in [6, 6.07) is 7.23. The number of hydrogen-bond acceptors (Lipinski definition) is 1. The molecule has 0 atom stereocenters. The van der Waals surface area contributed by atoms with E-state index >= 15 is 0 Å². The van der Waals surface area contributed by atoms with Crippen LogP contribution in [0.4, 0.5) is 5.69 Å². The van der Waals surface area contributed by atoms with E-state index in [0.717, 1.165) is 11.9 Å². The van der Waals surface area contributed by atoms with E-state index in [-0.39, 0.29) is 0 Å². The van der Waals surface area contributed by atoms with Gasteiger partial charge in [-0.2, -0.15) is 0 Å². The average molecular weight is 270 g/mol. The van der Waals surface area contributed by atoms with Gasteiger partial charge in [0.2, 0.25) is 0 Å². The summed E-state index contributed by atoms with van der Waals surface area (Å²) in [5.74, 6) is 0. The highest BCUT2D eigenvalue weighted by Gasteiger charge is 2.11. The lowest BCUT2D eigenvalue weighted by Gasteiger charge is -2.29. The lowest BCUT2D eigenvalue weighted by molar-refractivity contribution is 0.701. The Labute approximate surface area is 102 Å². The Morgan fingerprint density at radius 2 is 2.00 bits per heavy atom. The second-order valence-electron chi connectivity index (χ2n) is 4.15. The summed E-state index contributed by atoms with van der Waals surface area (Å²) in [6.45, 7) is 9.88. The zero-order chi connectivity index (χ0) is 11.4. The molecule has 0 unspecified atom stereocenters. The maximum Gasteiger partial charge on any atom is 0.0409 e. The van der Waals surface area contributed by atoms with E-state index < -0.39 is 0 Å². The van der Waals surface area contributed by atoms with E-state index in [1.165, 1.54) is 16.8 Å². The van der Waals surface area contributed by atoms with Gasteiger partial charge in [0.25, 0.3) is 0 Å². The molecule has 0 saturated carbocycles. The minimum absolute atomic E-state index is 0.551. The number of halogens is 1. The molecule has 0 spiro atoms. The smallest absolute Gasteiger partial charge is 0.0409 e. The van der Waals surface area contributed by atoms with Crippen molar-refractivity contribution in [2.45, 2.75) is 39.1 Å². The summed E-state index contributed by atoms with van der Waals surface area (Å²) in [5.41, 5.74) is 4.06. The van der Waals surface area contributed by atoms with Crippen molar-refractivity contribution >= 4 is 21.6 Å². The Hall–Kier alpha value is -0.500. The molecule has 2 heteroatoms. The molecule has 0 amide bonds. The quantitative estimate of drug-likeness (QED) is 0.744. The highest BCUT2D eigenvalue weighted by Crippen LogP contribution is 2.25. The third-order valence-electron chi connectivity index (χ3n) is 2.65. The van der Waals surface area contributed by atoms with E-state index in [1.54, 1.807) is 0 Å². The maximum atomic E-state index is 3.56. The molecule has 0 saturated heterocycles. The van der Waals surface area contributed by atoms with E-state index in [9.17, 15) is 0 Å². The molecule has 15 heavy (non-hydrogen) atoms. The zero-order valence-corrected chi connectivity index (χ0v) is 11.6. The number of alkyl halides is 1. The van der Waals surface area contributed by atoms with Crippen LogP contribution in [0.3, 0.4) is 0 Å². The second-order valence-corrected chi connectivity index (χ2v) is 4.71. The first-order valence-corrected chi connectivity index (χ1v) is 6.64. The van der Waals surface area contributed by atoms with E-state index in [2.05, 4.69) is 66.7 Å². The minimum Gasteiger partial charge on any atom is -0.369 e. The molecule has 1 rings (SSSR count). The van der Waals surface area contributed by atoms with Crippen molar-refractivity contribution in [1.82, 2.24) is 0 Å². The van der Waals surface area contributed by atoms with Gasteiger partial charge in [-0.3, -0.25) is 0 Å². The number of aryl methyl sites for hydroxylation is 1. The van der Waals surface area contributed by atoms with E-state index in [4.69, 9.17) is 0 Å². The summed E-state index contributed by atoms with van der Waals surface area (Å²) in [5, 5.41) is 0.924. The topological polar surface area (TPSA) is 3.24 Å². The van der Waals surface area contributed by atoms with Gasteiger partial charge in [0.1, 0.15) is 0 Å². The fourth-order valence-corrected chi connectivity index (χ4v) is 2.36. The Balaban J connectivity index is 3.11. The van der Waals surface area contributed by atoms with Gasteiger partial charge in [0.05, 0.1) is 0 Å². The SMILES string of the molecule is CCN(c1ccc(C)cc1CBr)C(C)C. The zero-order valence-electron chi connectivity index (χ0n) is 10.0. The first-order chi connectivity index (χ1) is 7.10. The molecular weight excluding hydrogens is 250 g/mol. The van der Waals surface area contributed by atoms with Crippen LogP contribution >= 0.6 is 15.9 Å². The number of nitrogens with zero attached hydrogens (tertiary/aromatic N) is 1. The molecule has 0 radical (unpaired) electrons. The third-order valence-corrected chi connectivity index (χ3v) is 3.26. The summed E-state index contributed by atoms with van der Waals surface area (Å²) in [6.07, 6.45) is 0. The molecule has 0 heterocycles. The molecule has 1 aromatic rings. The molecule has 0 bridgehead atoms. The van der Waals surface area contributed by atoms with Crippen molar-refractivity contribution in [1.29, 1.82) is 0 Å². The van der Waals surface area contributed by atoms with Crippen LogP contribution in [0.1, 0.15) is 31.9 Å². The Kier molecular flexibility index (Phi) is 4.65. The van der Waals surface area contributed by atoms with Gasteiger partial charge in [0.15, 0.2) is 0 Å². The minimum atomic E-state index is 0.551. The maximum absolute atomic E-state index is 3.56. The van der Waals surface area contributed by atoms with Crippen molar-refractivity contribution in [2.75, 3.05) is 11.4 Å². The Morgan fingerprint density at radius 3 is 2.47 bits per heavy atom. The number of anilines is 1. The average Bonchev–Trinajstić information content (AvgIpc) is 2.20. The van der Waals surface area contributed by atoms with Gasteiger partial charge >= 0.3 is 0 Å². The molecule has 0 aliphatic carbocycles. The van der Waals surface area contributed by atoms with Gasteiger partial charge in [-0.25, -0.2) is 0 Å². The molecule has 84 valence electrons. The van der Waals surface area contributed by atoms with Crippen LogP contribution in [0.15, 0.2) is 18.2 Å². The molecule has 0 aromatic heterocycles. The fraction of sp³-hybridized carbons (Fsp3) is 0.538. The number of hydrogen-bond donors (Lipinski definition) is 0. The lowest BCUT2D eigenvalue weighted by Crippen LogP contribution is -2.31. The van der Waals surface area contributed by atoms with Crippen LogP contribution in [0.25, 0.3) is 0 Å². The summed E-state index contributed by atoms with van der Waals surface area (Å²) in [7, 11) is 0. The van der Waals surface area contributed by atoms with Crippen LogP contribution in [0, 0.1) is 6.92 Å². The third kappa shape index (κ3) is 2.97. The van der Waals surface area contributed by atoms with Gasteiger partial charge in [-0.15, -0.1) is 0 Å². The molecule has 0 aliphatic heterocycles. The lowest BCUT2D eigenvalue weighted by atomic mass is 10.1. The van der Waals surface area contributed by atoms with Crippen molar-refractivity contribution < 1.29 is 0 Å². The molecular formula is C13H20BrN. The van der Waals surface area contributed by atoms with Crippen molar-refractivity contribution in [3.63, 3.8) is 0 Å². The predicted octanol–water partition coefficient (Wildman–Crippen LogP) is 4.12. The molecule has 1 aromatic carbocycles. The van der Waals surface area contributed by atoms with Crippen molar-refractivity contribution in [3.05, 3.63) is 29.3 Å². The number of benzene rings is 1. The van der Waals surface area contributed by atoms with Crippen LogP contribution in [0.5, 0.6) is 0 Å². The summed E-state index contributed by atoms with van der Waals surface area (Å²) < 4.78 is 0. The molecule has 0 aliphatic rings. The second kappa shape index (κ2) is 5.55. The molecule has 0 N–H and O–H groups in total. The Morgan fingerprint density at radius 1 is 1.33 bits per heavy atom. The van der Waals surface area contributed by atoms with Crippen LogP contribution < -0.4 is 4.90 Å². The fourth-order valence-electron chi connectivity index (χ4n) is 1.92. The molecule has 1 nitrogen and oxygen atoms in total. The summed E-state index contributed by atoms with van der Waals surface area (Å²) in [4.78, 5) is 2.43. The van der Waals surface area contributed by atoms with Gasteiger partial charge < -0.3 is 4.90 Å². The van der Waals surface area contributed by atoms with Crippen LogP contribution in [-0.2, 0) is 5.33 Å². The summed E-state index contributed by atoms with van der Waals surface area (Å²) >= 11 is 3.56. The van der Waals surface area contributed by atoms with E-state index in [1.807, 2.05) is 0 Å². The first-order valence-electron chi connectivity index (χ1n) is 5.52. The van der Waals surface area contributed by atoms with Crippen LogP contribution in [0.2, 0.25) is 0 Å². The highest BCUT2D eigenvalue weighted by molar-refractivity contribution is 9.08. The van der Waals surface area contributed by atoms with Gasteiger partial charge in [-0.1, -0.05) is 33.6 Å². The van der Waals surface area contributed by atoms with Gasteiger partial charge in [-0.05, 0) is 39.3 Å². The predicted molar refractivity (Wildman–Crippen MR) is 72.0 cm³/mol. The van der Waals surface area contributed by atoms with Gasteiger partial charge in [0, 0.05) is 23.6 Å². The largest absolute Gasteiger partial charge is 0.369 e. The normalized spacial score (nSPS) is 10.8. The standard InChI is InChI=1S/C13H20BrN/c1-5-15(10(2)3)13-7-6-11(4)8-12(13)9-14/h6-8,10H,5,9H2,1-4H3. The monoisotopic (exact) mass is 269 g/mol. The van der Waals surface area contributed by atoms with Crippen molar-refractivity contribution in [2.24, 2.45) is 0 Å². The van der Waals surface area contributed by atoms with Crippen LogP contribution in [-0.4, -0.2) is 12.6 Å². The Bertz CT molecular complexity index is 320. The molecule has 0 fully saturated rings. The van der Waals surface area contributed by atoms with Crippen molar-refractivity contribution in [3.8, 4) is 0 Å². The highest BCUT2D eigenvalue weighted by atomic mass is 79.9. The number of rotatable bonds is 4. The van der Waals surface area contributed by atoms with E-state index in [0.29, 0.717) is 6.04 Å². The first kappa shape index (κ1) is 12.6.